The molecule has 0 bridgehead atoms. The summed E-state index contributed by atoms with van der Waals surface area (Å²) in [6, 6.07) is 9.70. The Morgan fingerprint density at radius 2 is 2.10 bits per heavy atom. The van der Waals surface area contributed by atoms with Crippen molar-refractivity contribution in [2.75, 3.05) is 14.2 Å². The zero-order valence-electron chi connectivity index (χ0n) is 16.9. The monoisotopic (exact) mass is 406 g/mol. The molecule has 0 spiro atoms. The summed E-state index contributed by atoms with van der Waals surface area (Å²) in [6.07, 6.45) is 5.29. The van der Waals surface area contributed by atoms with E-state index in [1.54, 1.807) is 19.2 Å². The molecule has 0 amide bonds. The molecule has 0 saturated heterocycles. The molecule has 1 unspecified atom stereocenters. The van der Waals surface area contributed by atoms with Crippen LogP contribution in [0.15, 0.2) is 60.1 Å². The van der Waals surface area contributed by atoms with Crippen LogP contribution in [0.25, 0.3) is 22.2 Å². The van der Waals surface area contributed by atoms with Crippen LogP contribution in [0.5, 0.6) is 5.88 Å². The zero-order chi connectivity index (χ0) is 21.5. The Labute approximate surface area is 173 Å². The highest BCUT2D eigenvalue weighted by Gasteiger charge is 2.47. The molecule has 0 fully saturated rings. The van der Waals surface area contributed by atoms with E-state index in [0.717, 1.165) is 16.5 Å². The van der Waals surface area contributed by atoms with Crippen molar-refractivity contribution in [1.29, 1.82) is 0 Å². The highest BCUT2D eigenvalue weighted by atomic mass is 16.6. The summed E-state index contributed by atoms with van der Waals surface area (Å²) in [7, 11) is 5.11. The van der Waals surface area contributed by atoms with Crippen molar-refractivity contribution in [3.05, 3.63) is 76.0 Å². The van der Waals surface area contributed by atoms with Gasteiger partial charge in [0.1, 0.15) is 0 Å². The van der Waals surface area contributed by atoms with E-state index in [-0.39, 0.29) is 17.9 Å². The fourth-order valence-electron chi connectivity index (χ4n) is 3.88. The second-order valence-corrected chi connectivity index (χ2v) is 7.14. The molecule has 1 aliphatic rings. The summed E-state index contributed by atoms with van der Waals surface area (Å²) in [4.78, 5) is 20.6. The summed E-state index contributed by atoms with van der Waals surface area (Å²) in [5.74, 6) is 0.571. The van der Waals surface area contributed by atoms with Gasteiger partial charge in [-0.15, -0.1) is 0 Å². The highest BCUT2D eigenvalue weighted by molar-refractivity contribution is 5.95. The Balaban J connectivity index is 1.96. The molecule has 1 aliphatic carbocycles. The number of rotatable bonds is 5. The maximum absolute atomic E-state index is 11.9. The predicted molar refractivity (Wildman–Crippen MR) is 113 cm³/mol. The molecule has 9 heteroatoms. The van der Waals surface area contributed by atoms with Gasteiger partial charge in [-0.05, 0) is 13.1 Å². The molecule has 0 aliphatic heterocycles. The van der Waals surface area contributed by atoms with E-state index in [4.69, 9.17) is 15.5 Å². The predicted octanol–water partition coefficient (Wildman–Crippen LogP) is 2.47. The molecular weight excluding hydrogens is 384 g/mol. The van der Waals surface area contributed by atoms with Gasteiger partial charge in [0.2, 0.25) is 5.88 Å². The Morgan fingerprint density at radius 1 is 1.33 bits per heavy atom. The first-order valence-electron chi connectivity index (χ1n) is 9.38. The van der Waals surface area contributed by atoms with Gasteiger partial charge in [0.05, 0.1) is 17.7 Å². The van der Waals surface area contributed by atoms with Gasteiger partial charge < -0.3 is 15.0 Å². The number of hydrogen-bond acceptors (Lipinski definition) is 7. The number of aryl methyl sites for hydroxylation is 1. The van der Waals surface area contributed by atoms with Crippen LogP contribution in [0, 0.1) is 10.1 Å². The lowest BCUT2D eigenvalue weighted by Gasteiger charge is -2.30. The lowest BCUT2D eigenvalue weighted by Crippen LogP contribution is -2.47. The van der Waals surface area contributed by atoms with Gasteiger partial charge in [0.25, 0.3) is 5.70 Å². The van der Waals surface area contributed by atoms with Crippen LogP contribution in [0.2, 0.25) is 0 Å². The lowest BCUT2D eigenvalue weighted by molar-refractivity contribution is -0.438. The minimum absolute atomic E-state index is 0.109. The van der Waals surface area contributed by atoms with Gasteiger partial charge in [-0.1, -0.05) is 24.3 Å². The molecule has 4 rings (SSSR count). The summed E-state index contributed by atoms with van der Waals surface area (Å²) in [5.41, 5.74) is 7.39. The van der Waals surface area contributed by atoms with E-state index >= 15 is 0 Å². The van der Waals surface area contributed by atoms with Crippen molar-refractivity contribution < 1.29 is 9.66 Å². The van der Waals surface area contributed by atoms with Crippen molar-refractivity contribution in [2.45, 2.75) is 12.0 Å². The molecule has 0 radical (unpaired) electrons. The number of nitrogens with one attached hydrogen (secondary N) is 1. The topological polar surface area (TPSA) is 121 Å². The second-order valence-electron chi connectivity index (χ2n) is 7.14. The van der Waals surface area contributed by atoms with Crippen LogP contribution in [0.4, 0.5) is 0 Å². The smallest absolute Gasteiger partial charge is 0.276 e. The van der Waals surface area contributed by atoms with Gasteiger partial charge in [-0.2, -0.15) is 4.98 Å². The molecule has 0 saturated carbocycles. The van der Waals surface area contributed by atoms with Gasteiger partial charge in [-0.25, -0.2) is 4.98 Å². The van der Waals surface area contributed by atoms with E-state index in [1.165, 1.54) is 13.2 Å². The van der Waals surface area contributed by atoms with Crippen LogP contribution < -0.4 is 15.8 Å². The number of methoxy groups -OCH3 is 1. The van der Waals surface area contributed by atoms with Gasteiger partial charge >= 0.3 is 0 Å². The summed E-state index contributed by atoms with van der Waals surface area (Å²) in [5, 5.41) is 15.9. The van der Waals surface area contributed by atoms with Crippen molar-refractivity contribution in [2.24, 2.45) is 12.8 Å². The largest absolute Gasteiger partial charge is 0.481 e. The fourth-order valence-corrected chi connectivity index (χ4v) is 3.88. The third-order valence-electron chi connectivity index (χ3n) is 5.47. The minimum Gasteiger partial charge on any atom is -0.481 e. The number of nitrogens with two attached hydrogens (primary N) is 1. The average Bonchev–Trinajstić information content (AvgIpc) is 3.10. The Hall–Kier alpha value is -3.72. The standard InChI is InChI=1S/C21H22N6O3/c1-23-21(9-8-13(22)10-18(21)27(28)29)20-24-16(11-19(25-20)30-3)15-12-26(2)17-7-5-4-6-14(15)17/h4-8,10-12,23H,9,22H2,1-3H3. The van der Waals surface area contributed by atoms with Crippen molar-refractivity contribution >= 4 is 10.9 Å². The number of nitro groups is 1. The first-order chi connectivity index (χ1) is 14.4. The molecule has 2 heterocycles. The molecule has 154 valence electrons. The molecule has 9 nitrogen and oxygen atoms in total. The molecule has 1 aromatic carbocycles. The SMILES string of the molecule is CNC1(c2nc(OC)cc(-c3cn(C)c4ccccc34)n2)CC=C(N)C=C1[N+](=O)[O-]. The van der Waals surface area contributed by atoms with Crippen LogP contribution in [0.1, 0.15) is 12.2 Å². The van der Waals surface area contributed by atoms with Gasteiger partial charge in [0.15, 0.2) is 11.4 Å². The molecule has 3 N–H and O–H groups in total. The number of likely N-dealkylation sites (N-methyl/N-ethyl adjacent to an activating group) is 1. The van der Waals surface area contributed by atoms with Crippen LogP contribution >= 0.6 is 0 Å². The number of para-hydroxylation sites is 1. The number of hydrogen-bond donors (Lipinski definition) is 2. The van der Waals surface area contributed by atoms with E-state index in [9.17, 15) is 10.1 Å². The number of aromatic nitrogens is 3. The Bertz CT molecular complexity index is 1210. The third kappa shape index (κ3) is 3.00. The normalized spacial score (nSPS) is 18.8. The number of benzene rings is 1. The van der Waals surface area contributed by atoms with Gasteiger partial charge in [0, 0.05) is 54.0 Å². The average molecular weight is 406 g/mol. The van der Waals surface area contributed by atoms with E-state index < -0.39 is 10.5 Å². The minimum atomic E-state index is -1.24. The van der Waals surface area contributed by atoms with Crippen molar-refractivity contribution in [3.8, 4) is 17.1 Å². The first kappa shape index (κ1) is 19.6. The lowest BCUT2D eigenvalue weighted by atomic mass is 9.85. The first-order valence-corrected chi connectivity index (χ1v) is 9.38. The second kappa shape index (κ2) is 7.27. The maximum Gasteiger partial charge on any atom is 0.276 e. The van der Waals surface area contributed by atoms with Crippen molar-refractivity contribution in [3.63, 3.8) is 0 Å². The molecule has 3 aromatic rings. The zero-order valence-corrected chi connectivity index (χ0v) is 16.9. The van der Waals surface area contributed by atoms with Gasteiger partial charge in [-0.3, -0.25) is 15.4 Å². The van der Waals surface area contributed by atoms with E-state index in [1.807, 2.05) is 42.1 Å². The number of fused-ring (bicyclic) bond motifs is 1. The summed E-state index contributed by atoms with van der Waals surface area (Å²) in [6.45, 7) is 0. The Morgan fingerprint density at radius 3 is 2.80 bits per heavy atom. The Kier molecular flexibility index (Phi) is 4.75. The fraction of sp³-hybridized carbons (Fsp3) is 0.238. The maximum atomic E-state index is 11.9. The molecule has 2 aromatic heterocycles. The number of ether oxygens (including phenoxy) is 1. The van der Waals surface area contributed by atoms with Crippen LogP contribution in [-0.4, -0.2) is 33.6 Å². The van der Waals surface area contributed by atoms with Crippen LogP contribution in [0.3, 0.4) is 0 Å². The number of allylic oxidation sites excluding steroid dienone is 1. The summed E-state index contributed by atoms with van der Waals surface area (Å²) >= 11 is 0. The highest BCUT2D eigenvalue weighted by Crippen LogP contribution is 2.38. The van der Waals surface area contributed by atoms with Crippen molar-refractivity contribution in [1.82, 2.24) is 19.9 Å². The molecular formula is C21H22N6O3. The van der Waals surface area contributed by atoms with Crippen LogP contribution in [-0.2, 0) is 12.6 Å². The quantitative estimate of drug-likeness (QED) is 0.493. The van der Waals surface area contributed by atoms with E-state index in [0.29, 0.717) is 17.3 Å². The number of nitrogens with zero attached hydrogens (tertiary/aromatic N) is 4. The van der Waals surface area contributed by atoms with E-state index in [2.05, 4.69) is 10.3 Å². The molecule has 30 heavy (non-hydrogen) atoms. The third-order valence-corrected chi connectivity index (χ3v) is 5.47. The summed E-state index contributed by atoms with van der Waals surface area (Å²) < 4.78 is 7.43. The molecule has 1 atom stereocenters.